The first kappa shape index (κ1) is 11.9. The van der Waals surface area contributed by atoms with E-state index in [9.17, 15) is 0 Å². The Morgan fingerprint density at radius 3 is 3.17 bits per heavy atom. The van der Waals surface area contributed by atoms with Crippen molar-refractivity contribution in [2.45, 2.75) is 44.1 Å². The Morgan fingerprint density at radius 1 is 1.44 bits per heavy atom. The van der Waals surface area contributed by atoms with Gasteiger partial charge in [0, 0.05) is 23.8 Å². The number of benzene rings is 1. The number of fused-ring (bicyclic) bond motifs is 1. The van der Waals surface area contributed by atoms with E-state index in [0.29, 0.717) is 12.3 Å². The molecule has 0 amide bonds. The summed E-state index contributed by atoms with van der Waals surface area (Å²) < 4.78 is 6.25. The first-order chi connectivity index (χ1) is 8.73. The number of ether oxygens (including phenoxy) is 1. The van der Waals surface area contributed by atoms with Crippen molar-refractivity contribution in [2.24, 2.45) is 5.92 Å². The van der Waals surface area contributed by atoms with E-state index in [1.807, 2.05) is 18.2 Å². The summed E-state index contributed by atoms with van der Waals surface area (Å²) in [6.07, 6.45) is 6.09. The maximum Gasteiger partial charge on any atom is 0.123 e. The molecule has 2 nitrogen and oxygen atoms in total. The van der Waals surface area contributed by atoms with Crippen LogP contribution in [0.1, 0.15) is 37.7 Å². The highest BCUT2D eigenvalue weighted by molar-refractivity contribution is 6.30. The fraction of sp³-hybridized carbons (Fsp3) is 0.533. The third-order valence-electron chi connectivity index (χ3n) is 4.31. The average Bonchev–Trinajstić information content (AvgIpc) is 2.70. The molecular weight excluding hydrogens is 246 g/mol. The normalized spacial score (nSPS) is 29.7. The van der Waals surface area contributed by atoms with E-state index in [2.05, 4.69) is 6.07 Å². The van der Waals surface area contributed by atoms with Gasteiger partial charge in [0.15, 0.2) is 0 Å². The summed E-state index contributed by atoms with van der Waals surface area (Å²) in [5.74, 6) is 1.33. The number of halogens is 1. The standard InChI is InChI=1S/C15H16ClNO/c16-13-4-5-14-11(9-13)10-15(18-14)7-2-1-3-12(15)6-8-17/h4-5,9,12H,1-3,6-7,10H2/t12-,15+/m1/s1. The SMILES string of the molecule is N#CC[C@H]1CCCC[C@]12Cc1cc(Cl)ccc1O2. The van der Waals surface area contributed by atoms with Gasteiger partial charge >= 0.3 is 0 Å². The summed E-state index contributed by atoms with van der Waals surface area (Å²) in [6.45, 7) is 0. The van der Waals surface area contributed by atoms with Crippen LogP contribution in [0, 0.1) is 17.2 Å². The largest absolute Gasteiger partial charge is 0.486 e. The number of hydrogen-bond donors (Lipinski definition) is 0. The van der Waals surface area contributed by atoms with Crippen molar-refractivity contribution in [3.8, 4) is 11.8 Å². The number of hydrogen-bond acceptors (Lipinski definition) is 2. The number of nitrogens with zero attached hydrogens (tertiary/aromatic N) is 1. The predicted octanol–water partition coefficient (Wildman–Crippen LogP) is 4.12. The second-order valence-corrected chi connectivity index (χ2v) is 5.84. The van der Waals surface area contributed by atoms with Crippen LogP contribution in [-0.2, 0) is 6.42 Å². The highest BCUT2D eigenvalue weighted by Gasteiger charge is 2.47. The molecule has 1 fully saturated rings. The molecule has 94 valence electrons. The minimum Gasteiger partial charge on any atom is -0.486 e. The third-order valence-corrected chi connectivity index (χ3v) is 4.54. The Kier molecular flexibility index (Phi) is 2.95. The van der Waals surface area contributed by atoms with E-state index in [-0.39, 0.29) is 5.60 Å². The second kappa shape index (κ2) is 4.48. The second-order valence-electron chi connectivity index (χ2n) is 5.40. The monoisotopic (exact) mass is 261 g/mol. The summed E-state index contributed by atoms with van der Waals surface area (Å²) in [5.41, 5.74) is 1.06. The topological polar surface area (TPSA) is 33.0 Å². The lowest BCUT2D eigenvalue weighted by Crippen LogP contribution is -2.44. The van der Waals surface area contributed by atoms with Gasteiger partial charge in [-0.1, -0.05) is 18.0 Å². The van der Waals surface area contributed by atoms with Crippen LogP contribution in [0.5, 0.6) is 5.75 Å². The summed E-state index contributed by atoms with van der Waals surface area (Å²) in [7, 11) is 0. The van der Waals surface area contributed by atoms with E-state index in [1.165, 1.54) is 18.4 Å². The van der Waals surface area contributed by atoms with Crippen molar-refractivity contribution in [1.82, 2.24) is 0 Å². The van der Waals surface area contributed by atoms with Gasteiger partial charge in [-0.05, 0) is 43.0 Å². The molecule has 0 bridgehead atoms. The van der Waals surface area contributed by atoms with E-state index >= 15 is 0 Å². The van der Waals surface area contributed by atoms with E-state index in [4.69, 9.17) is 21.6 Å². The molecule has 1 aliphatic heterocycles. The highest BCUT2D eigenvalue weighted by Crippen LogP contribution is 2.47. The van der Waals surface area contributed by atoms with Gasteiger partial charge in [-0.2, -0.15) is 5.26 Å². The zero-order valence-electron chi connectivity index (χ0n) is 10.3. The van der Waals surface area contributed by atoms with Gasteiger partial charge in [-0.3, -0.25) is 0 Å². The fourth-order valence-electron chi connectivity index (χ4n) is 3.41. The minimum absolute atomic E-state index is 0.138. The lowest BCUT2D eigenvalue weighted by atomic mass is 9.72. The Bertz CT molecular complexity index is 508. The van der Waals surface area contributed by atoms with Crippen LogP contribution in [0.15, 0.2) is 18.2 Å². The zero-order valence-corrected chi connectivity index (χ0v) is 11.0. The molecule has 3 rings (SSSR count). The van der Waals surface area contributed by atoms with Crippen molar-refractivity contribution in [3.05, 3.63) is 28.8 Å². The van der Waals surface area contributed by atoms with Gasteiger partial charge in [-0.25, -0.2) is 0 Å². The highest BCUT2D eigenvalue weighted by atomic mass is 35.5. The first-order valence-corrected chi connectivity index (χ1v) is 6.96. The molecule has 0 aromatic heterocycles. The molecule has 0 radical (unpaired) electrons. The van der Waals surface area contributed by atoms with Crippen molar-refractivity contribution in [2.75, 3.05) is 0 Å². The van der Waals surface area contributed by atoms with Crippen molar-refractivity contribution in [1.29, 1.82) is 5.26 Å². The number of nitriles is 1. The van der Waals surface area contributed by atoms with Gasteiger partial charge in [0.1, 0.15) is 11.4 Å². The smallest absolute Gasteiger partial charge is 0.123 e. The molecule has 1 aliphatic carbocycles. The van der Waals surface area contributed by atoms with E-state index in [0.717, 1.165) is 30.0 Å². The molecule has 0 unspecified atom stereocenters. The van der Waals surface area contributed by atoms with Crippen molar-refractivity contribution >= 4 is 11.6 Å². The number of rotatable bonds is 1. The summed E-state index contributed by atoms with van der Waals surface area (Å²) in [4.78, 5) is 0. The Labute approximate surface area is 113 Å². The van der Waals surface area contributed by atoms with Gasteiger partial charge in [0.05, 0.1) is 6.07 Å². The quantitative estimate of drug-likeness (QED) is 0.762. The predicted molar refractivity (Wildman–Crippen MR) is 70.7 cm³/mol. The maximum absolute atomic E-state index is 9.00. The van der Waals surface area contributed by atoms with Crippen LogP contribution in [0.25, 0.3) is 0 Å². The molecule has 1 saturated carbocycles. The maximum atomic E-state index is 9.00. The Hall–Kier alpha value is -1.20. The van der Waals surface area contributed by atoms with E-state index in [1.54, 1.807) is 0 Å². The van der Waals surface area contributed by atoms with Crippen LogP contribution in [-0.4, -0.2) is 5.60 Å². The lowest BCUT2D eigenvalue weighted by Gasteiger charge is -2.39. The lowest BCUT2D eigenvalue weighted by molar-refractivity contribution is -0.00301. The molecule has 2 aliphatic rings. The molecular formula is C15H16ClNO. The molecule has 0 N–H and O–H groups in total. The summed E-state index contributed by atoms with van der Waals surface area (Å²) in [6, 6.07) is 8.16. The molecule has 3 heteroatoms. The first-order valence-electron chi connectivity index (χ1n) is 6.58. The molecule has 0 saturated heterocycles. The van der Waals surface area contributed by atoms with Gasteiger partial charge < -0.3 is 4.74 Å². The van der Waals surface area contributed by atoms with Gasteiger partial charge in [-0.15, -0.1) is 0 Å². The molecule has 2 atom stereocenters. The Balaban J connectivity index is 1.91. The van der Waals surface area contributed by atoms with Crippen LogP contribution < -0.4 is 4.74 Å². The minimum atomic E-state index is -0.138. The third kappa shape index (κ3) is 1.87. The molecule has 18 heavy (non-hydrogen) atoms. The van der Waals surface area contributed by atoms with Crippen LogP contribution in [0.2, 0.25) is 5.02 Å². The van der Waals surface area contributed by atoms with Crippen molar-refractivity contribution in [3.63, 3.8) is 0 Å². The zero-order chi connectivity index (χ0) is 12.6. The average molecular weight is 262 g/mol. The molecule has 1 aromatic rings. The van der Waals surface area contributed by atoms with E-state index < -0.39 is 0 Å². The van der Waals surface area contributed by atoms with Gasteiger partial charge in [0.2, 0.25) is 0 Å². The molecule has 1 heterocycles. The van der Waals surface area contributed by atoms with Crippen LogP contribution in [0.3, 0.4) is 0 Å². The Morgan fingerprint density at radius 2 is 2.33 bits per heavy atom. The molecule has 1 aromatic carbocycles. The van der Waals surface area contributed by atoms with Crippen LogP contribution in [0.4, 0.5) is 0 Å². The van der Waals surface area contributed by atoms with Crippen molar-refractivity contribution < 1.29 is 4.74 Å². The summed E-state index contributed by atoms with van der Waals surface area (Å²) >= 11 is 6.04. The van der Waals surface area contributed by atoms with Crippen LogP contribution >= 0.6 is 11.6 Å². The summed E-state index contributed by atoms with van der Waals surface area (Å²) in [5, 5.41) is 9.76. The van der Waals surface area contributed by atoms with Gasteiger partial charge in [0.25, 0.3) is 0 Å². The molecule has 1 spiro atoms. The fourth-order valence-corrected chi connectivity index (χ4v) is 3.61.